The minimum absolute atomic E-state index is 0.119. The number of ether oxygens (including phenoxy) is 1. The standard InChI is InChI=1S/C26H20ClNO2/c1-17-25(23(29)15-12-18-8-6-7-11-24(18)30-2)26(19-9-4-3-5-10-19)21-16-20(27)13-14-22(21)28-17/h3-16H,1-2H3. The van der Waals surface area contributed by atoms with E-state index in [1.54, 1.807) is 19.3 Å². The van der Waals surface area contributed by atoms with E-state index in [0.29, 0.717) is 22.0 Å². The Morgan fingerprint density at radius 2 is 1.73 bits per heavy atom. The van der Waals surface area contributed by atoms with Crippen LogP contribution >= 0.6 is 11.6 Å². The second-order valence-electron chi connectivity index (χ2n) is 6.91. The second kappa shape index (κ2) is 8.52. The first kappa shape index (κ1) is 19.9. The van der Waals surface area contributed by atoms with Crippen molar-refractivity contribution in [2.75, 3.05) is 7.11 Å². The van der Waals surface area contributed by atoms with Crippen LogP contribution in [0.3, 0.4) is 0 Å². The zero-order chi connectivity index (χ0) is 21.1. The molecular weight excluding hydrogens is 394 g/mol. The average Bonchev–Trinajstić information content (AvgIpc) is 2.77. The summed E-state index contributed by atoms with van der Waals surface area (Å²) in [4.78, 5) is 18.0. The number of aryl methyl sites for hydroxylation is 1. The van der Waals surface area contributed by atoms with E-state index in [1.165, 1.54) is 0 Å². The number of aromatic nitrogens is 1. The molecule has 0 amide bonds. The molecular formula is C26H20ClNO2. The van der Waals surface area contributed by atoms with Crippen molar-refractivity contribution in [2.24, 2.45) is 0 Å². The number of ketones is 1. The minimum Gasteiger partial charge on any atom is -0.496 e. The molecule has 148 valence electrons. The summed E-state index contributed by atoms with van der Waals surface area (Å²) in [6.45, 7) is 1.87. The van der Waals surface area contributed by atoms with Gasteiger partial charge in [0.1, 0.15) is 5.75 Å². The summed E-state index contributed by atoms with van der Waals surface area (Å²) < 4.78 is 5.38. The minimum atomic E-state index is -0.119. The van der Waals surface area contributed by atoms with Crippen LogP contribution in [-0.2, 0) is 0 Å². The smallest absolute Gasteiger partial charge is 0.188 e. The zero-order valence-electron chi connectivity index (χ0n) is 16.7. The van der Waals surface area contributed by atoms with Crippen molar-refractivity contribution in [1.82, 2.24) is 4.98 Å². The number of rotatable bonds is 5. The van der Waals surface area contributed by atoms with Gasteiger partial charge in [-0.15, -0.1) is 0 Å². The molecule has 1 heterocycles. The Labute approximate surface area is 180 Å². The molecule has 0 spiro atoms. The van der Waals surface area contributed by atoms with Crippen molar-refractivity contribution < 1.29 is 9.53 Å². The van der Waals surface area contributed by atoms with Crippen LogP contribution in [0.15, 0.2) is 78.9 Å². The maximum atomic E-state index is 13.4. The quantitative estimate of drug-likeness (QED) is 0.268. The highest BCUT2D eigenvalue weighted by molar-refractivity contribution is 6.31. The highest BCUT2D eigenvalue weighted by Gasteiger charge is 2.19. The van der Waals surface area contributed by atoms with E-state index in [4.69, 9.17) is 16.3 Å². The average molecular weight is 414 g/mol. The van der Waals surface area contributed by atoms with E-state index in [-0.39, 0.29) is 5.78 Å². The molecule has 0 radical (unpaired) electrons. The van der Waals surface area contributed by atoms with Crippen LogP contribution in [0.5, 0.6) is 5.75 Å². The highest BCUT2D eigenvalue weighted by atomic mass is 35.5. The molecule has 0 bridgehead atoms. The molecule has 3 nitrogen and oxygen atoms in total. The number of carbonyl (C=O) groups is 1. The molecule has 0 aliphatic carbocycles. The Morgan fingerprint density at radius 1 is 1.00 bits per heavy atom. The summed E-state index contributed by atoms with van der Waals surface area (Å²) in [5.41, 5.74) is 4.69. The zero-order valence-corrected chi connectivity index (χ0v) is 17.5. The number of hydrogen-bond acceptors (Lipinski definition) is 3. The number of carbonyl (C=O) groups excluding carboxylic acids is 1. The number of methoxy groups -OCH3 is 1. The molecule has 0 unspecified atom stereocenters. The van der Waals surface area contributed by atoms with Crippen molar-refractivity contribution in [3.63, 3.8) is 0 Å². The predicted octanol–water partition coefficient (Wildman–Crippen LogP) is 6.77. The van der Waals surface area contributed by atoms with Gasteiger partial charge in [-0.2, -0.15) is 0 Å². The Balaban J connectivity index is 1.91. The fourth-order valence-corrected chi connectivity index (χ4v) is 3.79. The van der Waals surface area contributed by atoms with Crippen LogP contribution in [0.25, 0.3) is 28.1 Å². The molecule has 0 aliphatic heterocycles. The van der Waals surface area contributed by atoms with Gasteiger partial charge >= 0.3 is 0 Å². The first-order chi connectivity index (χ1) is 14.6. The summed E-state index contributed by atoms with van der Waals surface area (Å²) in [6.07, 6.45) is 3.35. The van der Waals surface area contributed by atoms with Crippen molar-refractivity contribution in [3.8, 4) is 16.9 Å². The predicted molar refractivity (Wildman–Crippen MR) is 123 cm³/mol. The first-order valence-electron chi connectivity index (χ1n) is 9.59. The molecule has 0 saturated carbocycles. The summed E-state index contributed by atoms with van der Waals surface area (Å²) >= 11 is 6.28. The second-order valence-corrected chi connectivity index (χ2v) is 7.35. The summed E-state index contributed by atoms with van der Waals surface area (Å²) in [6, 6.07) is 23.0. The topological polar surface area (TPSA) is 39.2 Å². The molecule has 30 heavy (non-hydrogen) atoms. The molecule has 0 aliphatic rings. The van der Waals surface area contributed by atoms with E-state index < -0.39 is 0 Å². The fourth-order valence-electron chi connectivity index (χ4n) is 3.62. The molecule has 0 fully saturated rings. The third-order valence-corrected chi connectivity index (χ3v) is 5.23. The van der Waals surface area contributed by atoms with Gasteiger partial charge in [-0.25, -0.2) is 0 Å². The number of para-hydroxylation sites is 1. The van der Waals surface area contributed by atoms with E-state index >= 15 is 0 Å². The third-order valence-electron chi connectivity index (χ3n) is 4.99. The number of nitrogens with zero attached hydrogens (tertiary/aromatic N) is 1. The lowest BCUT2D eigenvalue weighted by molar-refractivity contribution is 0.104. The lowest BCUT2D eigenvalue weighted by atomic mass is 9.92. The monoisotopic (exact) mass is 413 g/mol. The molecule has 3 aromatic carbocycles. The fraction of sp³-hybridized carbons (Fsp3) is 0.0769. The van der Waals surface area contributed by atoms with Gasteiger partial charge in [0.2, 0.25) is 0 Å². The Kier molecular flexibility index (Phi) is 5.64. The number of allylic oxidation sites excluding steroid dienone is 1. The van der Waals surface area contributed by atoms with E-state index in [9.17, 15) is 4.79 Å². The number of halogens is 1. The van der Waals surface area contributed by atoms with Gasteiger partial charge in [-0.3, -0.25) is 9.78 Å². The lowest BCUT2D eigenvalue weighted by Crippen LogP contribution is -2.05. The molecule has 4 aromatic rings. The summed E-state index contributed by atoms with van der Waals surface area (Å²) in [5.74, 6) is 0.594. The molecule has 0 atom stereocenters. The van der Waals surface area contributed by atoms with Gasteiger partial charge in [0, 0.05) is 27.2 Å². The van der Waals surface area contributed by atoms with Crippen molar-refractivity contribution in [2.45, 2.75) is 6.92 Å². The van der Waals surface area contributed by atoms with E-state index in [1.807, 2.05) is 79.7 Å². The van der Waals surface area contributed by atoms with E-state index in [2.05, 4.69) is 4.98 Å². The largest absolute Gasteiger partial charge is 0.496 e. The Hall–Kier alpha value is -3.43. The maximum Gasteiger partial charge on any atom is 0.188 e. The van der Waals surface area contributed by atoms with Gasteiger partial charge in [-0.1, -0.05) is 60.1 Å². The van der Waals surface area contributed by atoms with Crippen LogP contribution in [0.4, 0.5) is 0 Å². The van der Waals surface area contributed by atoms with Gasteiger partial charge in [0.15, 0.2) is 5.78 Å². The van der Waals surface area contributed by atoms with Crippen LogP contribution in [0, 0.1) is 6.92 Å². The van der Waals surface area contributed by atoms with Gasteiger partial charge in [0.25, 0.3) is 0 Å². The van der Waals surface area contributed by atoms with E-state index in [0.717, 1.165) is 27.6 Å². The van der Waals surface area contributed by atoms with Gasteiger partial charge in [0.05, 0.1) is 18.2 Å². The van der Waals surface area contributed by atoms with Crippen molar-refractivity contribution >= 4 is 34.4 Å². The Morgan fingerprint density at radius 3 is 2.50 bits per heavy atom. The maximum absolute atomic E-state index is 13.4. The SMILES string of the molecule is COc1ccccc1C=CC(=O)c1c(C)nc2ccc(Cl)cc2c1-c1ccccc1. The molecule has 4 rings (SSSR count). The van der Waals surface area contributed by atoms with Gasteiger partial charge in [-0.05, 0) is 48.9 Å². The Bertz CT molecular complexity index is 1260. The number of pyridine rings is 1. The molecule has 4 heteroatoms. The molecule has 0 N–H and O–H groups in total. The van der Waals surface area contributed by atoms with Crippen LogP contribution in [-0.4, -0.2) is 17.9 Å². The first-order valence-corrected chi connectivity index (χ1v) is 9.97. The highest BCUT2D eigenvalue weighted by Crippen LogP contribution is 2.35. The van der Waals surface area contributed by atoms with Crippen LogP contribution in [0.2, 0.25) is 5.02 Å². The number of benzene rings is 3. The summed E-state index contributed by atoms with van der Waals surface area (Å²) in [5, 5.41) is 1.46. The van der Waals surface area contributed by atoms with Crippen molar-refractivity contribution in [1.29, 1.82) is 0 Å². The molecule has 0 saturated heterocycles. The van der Waals surface area contributed by atoms with Crippen LogP contribution in [0.1, 0.15) is 21.6 Å². The van der Waals surface area contributed by atoms with Crippen molar-refractivity contribution in [3.05, 3.63) is 101 Å². The summed E-state index contributed by atoms with van der Waals surface area (Å²) in [7, 11) is 1.61. The number of fused-ring (bicyclic) bond motifs is 1. The van der Waals surface area contributed by atoms with Crippen LogP contribution < -0.4 is 4.74 Å². The number of hydrogen-bond donors (Lipinski definition) is 0. The normalized spacial score (nSPS) is 11.2. The molecule has 1 aromatic heterocycles. The third kappa shape index (κ3) is 3.85. The lowest BCUT2D eigenvalue weighted by Gasteiger charge is -2.14. The van der Waals surface area contributed by atoms with Gasteiger partial charge < -0.3 is 4.74 Å².